The quantitative estimate of drug-likeness (QED) is 0.756. The summed E-state index contributed by atoms with van der Waals surface area (Å²) in [4.78, 5) is 2.65. The fourth-order valence-electron chi connectivity index (χ4n) is 3.64. The van der Waals surface area contributed by atoms with E-state index in [2.05, 4.69) is 51.8 Å². The molecule has 0 aromatic heterocycles. The molecule has 1 aliphatic carbocycles. The Hall–Kier alpha value is -0.0800. The van der Waals surface area contributed by atoms with Gasteiger partial charge < -0.3 is 10.2 Å². The summed E-state index contributed by atoms with van der Waals surface area (Å²) in [5, 5.41) is 3.73. The third-order valence-electron chi connectivity index (χ3n) is 4.55. The smallest absolute Gasteiger partial charge is 0.0108 e. The van der Waals surface area contributed by atoms with Crippen LogP contribution in [0.2, 0.25) is 0 Å². The molecule has 0 amide bonds. The van der Waals surface area contributed by atoms with Gasteiger partial charge in [-0.05, 0) is 49.6 Å². The molecule has 0 aliphatic heterocycles. The molecule has 2 nitrogen and oxygen atoms in total. The maximum absolute atomic E-state index is 3.73. The maximum atomic E-state index is 3.73. The molecule has 0 heterocycles. The normalized spacial score (nSPS) is 27.2. The van der Waals surface area contributed by atoms with Crippen molar-refractivity contribution in [1.29, 1.82) is 0 Å². The third kappa shape index (κ3) is 5.83. The van der Waals surface area contributed by atoms with Crippen LogP contribution in [0, 0.1) is 17.3 Å². The van der Waals surface area contributed by atoms with Crippen LogP contribution in [0.1, 0.15) is 60.8 Å². The largest absolute Gasteiger partial charge is 0.314 e. The average molecular weight is 268 g/mol. The Labute approximate surface area is 121 Å². The van der Waals surface area contributed by atoms with Gasteiger partial charge in [-0.3, -0.25) is 0 Å². The first kappa shape index (κ1) is 17.0. The number of hydrogen-bond donors (Lipinski definition) is 1. The summed E-state index contributed by atoms with van der Waals surface area (Å²) in [5.41, 5.74) is 0.536. The Morgan fingerprint density at radius 2 is 1.95 bits per heavy atom. The lowest BCUT2D eigenvalue weighted by molar-refractivity contribution is 0.0979. The third-order valence-corrected chi connectivity index (χ3v) is 4.55. The Kier molecular flexibility index (Phi) is 6.82. The molecule has 0 saturated heterocycles. The van der Waals surface area contributed by atoms with E-state index < -0.39 is 0 Å². The lowest BCUT2D eigenvalue weighted by Gasteiger charge is -2.43. The molecule has 0 aromatic carbocycles. The first-order chi connectivity index (χ1) is 8.88. The maximum Gasteiger partial charge on any atom is 0.0108 e. The topological polar surface area (TPSA) is 15.3 Å². The van der Waals surface area contributed by atoms with E-state index in [1.54, 1.807) is 0 Å². The van der Waals surface area contributed by atoms with Gasteiger partial charge in [0.15, 0.2) is 0 Å². The van der Waals surface area contributed by atoms with E-state index in [1.807, 2.05) is 0 Å². The molecule has 1 aliphatic rings. The minimum absolute atomic E-state index is 0.536. The Bertz CT molecular complexity index is 248. The molecule has 19 heavy (non-hydrogen) atoms. The van der Waals surface area contributed by atoms with Crippen molar-refractivity contribution in [3.05, 3.63) is 0 Å². The second kappa shape index (κ2) is 7.64. The molecule has 2 heteroatoms. The van der Waals surface area contributed by atoms with Gasteiger partial charge in [0.25, 0.3) is 0 Å². The Morgan fingerprint density at radius 3 is 2.47 bits per heavy atom. The van der Waals surface area contributed by atoms with Crippen LogP contribution in [-0.4, -0.2) is 37.1 Å². The van der Waals surface area contributed by atoms with Gasteiger partial charge in [0.2, 0.25) is 0 Å². The second-order valence-corrected chi connectivity index (χ2v) is 7.58. The summed E-state index contributed by atoms with van der Waals surface area (Å²) in [6.45, 7) is 18.9. The van der Waals surface area contributed by atoms with Gasteiger partial charge in [0.1, 0.15) is 0 Å². The molecule has 0 bridgehead atoms. The number of nitrogens with one attached hydrogen (secondary N) is 1. The first-order valence-corrected chi connectivity index (χ1v) is 8.33. The van der Waals surface area contributed by atoms with Gasteiger partial charge in [-0.2, -0.15) is 0 Å². The van der Waals surface area contributed by atoms with Gasteiger partial charge in [-0.1, -0.05) is 41.5 Å². The molecule has 1 rings (SSSR count). The van der Waals surface area contributed by atoms with Gasteiger partial charge in [0, 0.05) is 19.1 Å². The van der Waals surface area contributed by atoms with E-state index >= 15 is 0 Å². The van der Waals surface area contributed by atoms with E-state index in [9.17, 15) is 0 Å². The molecular formula is C17H36N2. The highest BCUT2D eigenvalue weighted by molar-refractivity contribution is 4.90. The highest BCUT2D eigenvalue weighted by atomic mass is 15.1. The molecule has 0 spiro atoms. The van der Waals surface area contributed by atoms with E-state index in [0.29, 0.717) is 5.41 Å². The Balaban J connectivity index is 2.62. The van der Waals surface area contributed by atoms with Crippen molar-refractivity contribution in [2.24, 2.45) is 17.3 Å². The molecule has 1 N–H and O–H groups in total. The van der Waals surface area contributed by atoms with Crippen LogP contribution in [0.5, 0.6) is 0 Å². The standard InChI is InChI=1S/C17H36N2/c1-7-18-16-9-10-17(5,6)11-15(16)13-19(8-2)12-14(3)4/h14-16,18H,7-13H2,1-6H3. The van der Waals surface area contributed by atoms with Crippen LogP contribution < -0.4 is 5.32 Å². The predicted octanol–water partition coefficient (Wildman–Crippen LogP) is 3.77. The SMILES string of the molecule is CCNC1CCC(C)(C)CC1CN(CC)CC(C)C. The second-order valence-electron chi connectivity index (χ2n) is 7.58. The summed E-state index contributed by atoms with van der Waals surface area (Å²) >= 11 is 0. The van der Waals surface area contributed by atoms with Crippen LogP contribution in [0.3, 0.4) is 0 Å². The summed E-state index contributed by atoms with van der Waals surface area (Å²) < 4.78 is 0. The van der Waals surface area contributed by atoms with Crippen molar-refractivity contribution < 1.29 is 0 Å². The van der Waals surface area contributed by atoms with Crippen LogP contribution in [0.25, 0.3) is 0 Å². The monoisotopic (exact) mass is 268 g/mol. The zero-order chi connectivity index (χ0) is 14.5. The molecule has 0 radical (unpaired) electrons. The summed E-state index contributed by atoms with van der Waals surface area (Å²) in [6, 6.07) is 0.735. The minimum Gasteiger partial charge on any atom is -0.314 e. The lowest BCUT2D eigenvalue weighted by atomic mass is 9.69. The van der Waals surface area contributed by atoms with Crippen LogP contribution in [0.4, 0.5) is 0 Å². The lowest BCUT2D eigenvalue weighted by Crippen LogP contribution is -2.48. The van der Waals surface area contributed by atoms with Gasteiger partial charge in [-0.25, -0.2) is 0 Å². The van der Waals surface area contributed by atoms with Gasteiger partial charge in [0.05, 0.1) is 0 Å². The van der Waals surface area contributed by atoms with E-state index in [1.165, 1.54) is 38.9 Å². The van der Waals surface area contributed by atoms with Gasteiger partial charge >= 0.3 is 0 Å². The zero-order valence-electron chi connectivity index (χ0n) is 14.1. The molecule has 2 atom stereocenters. The number of hydrogen-bond acceptors (Lipinski definition) is 2. The number of nitrogens with zero attached hydrogens (tertiary/aromatic N) is 1. The molecule has 0 aromatic rings. The van der Waals surface area contributed by atoms with Crippen LogP contribution in [0.15, 0.2) is 0 Å². The minimum atomic E-state index is 0.536. The highest BCUT2D eigenvalue weighted by Gasteiger charge is 2.35. The summed E-state index contributed by atoms with van der Waals surface area (Å²) in [6.07, 6.45) is 4.10. The number of rotatable bonds is 7. The first-order valence-electron chi connectivity index (χ1n) is 8.33. The molecule has 1 fully saturated rings. The van der Waals surface area contributed by atoms with Gasteiger partial charge in [-0.15, -0.1) is 0 Å². The van der Waals surface area contributed by atoms with Crippen molar-refractivity contribution in [2.45, 2.75) is 66.8 Å². The average Bonchev–Trinajstić information content (AvgIpc) is 2.30. The molecule has 1 saturated carbocycles. The van der Waals surface area contributed by atoms with Crippen molar-refractivity contribution >= 4 is 0 Å². The van der Waals surface area contributed by atoms with Crippen LogP contribution in [-0.2, 0) is 0 Å². The van der Waals surface area contributed by atoms with Crippen molar-refractivity contribution in [2.75, 3.05) is 26.2 Å². The van der Waals surface area contributed by atoms with E-state index in [0.717, 1.165) is 24.4 Å². The molecule has 2 unspecified atom stereocenters. The van der Waals surface area contributed by atoms with Crippen LogP contribution >= 0.6 is 0 Å². The Morgan fingerprint density at radius 1 is 1.26 bits per heavy atom. The van der Waals surface area contributed by atoms with Crippen molar-refractivity contribution in [1.82, 2.24) is 10.2 Å². The van der Waals surface area contributed by atoms with E-state index in [4.69, 9.17) is 0 Å². The molecule has 114 valence electrons. The highest BCUT2D eigenvalue weighted by Crippen LogP contribution is 2.39. The molecular weight excluding hydrogens is 232 g/mol. The van der Waals surface area contributed by atoms with Crippen molar-refractivity contribution in [3.8, 4) is 0 Å². The fourth-order valence-corrected chi connectivity index (χ4v) is 3.64. The van der Waals surface area contributed by atoms with Crippen molar-refractivity contribution in [3.63, 3.8) is 0 Å². The predicted molar refractivity (Wildman–Crippen MR) is 85.5 cm³/mol. The summed E-state index contributed by atoms with van der Waals surface area (Å²) in [7, 11) is 0. The summed E-state index contributed by atoms with van der Waals surface area (Å²) in [5.74, 6) is 1.59. The fraction of sp³-hybridized carbons (Fsp3) is 1.00. The zero-order valence-corrected chi connectivity index (χ0v) is 14.1. The van der Waals surface area contributed by atoms with E-state index in [-0.39, 0.29) is 0 Å².